The largest absolute Gasteiger partial charge is 0.336 e. The number of amides is 2. The molecule has 3 aromatic heterocycles. The standard InChI is InChI=1S/C18H20N6O2.ClH/c1-12(2)23-18(26)21-9-13-5-7-20-16(8-13)24-17(25)15(11-22-24)14-4-3-6-19-10-14;/h3-8,10-12,22H,9H2,1-2H3,(H2,21,23,26);1H. The molecule has 142 valence electrons. The van der Waals surface area contributed by atoms with Crippen LogP contribution in [-0.2, 0) is 6.54 Å². The van der Waals surface area contributed by atoms with E-state index in [9.17, 15) is 9.59 Å². The van der Waals surface area contributed by atoms with Crippen molar-refractivity contribution < 1.29 is 4.79 Å². The fourth-order valence-corrected chi connectivity index (χ4v) is 2.46. The van der Waals surface area contributed by atoms with Crippen molar-refractivity contribution in [3.63, 3.8) is 0 Å². The van der Waals surface area contributed by atoms with Crippen molar-refractivity contribution in [1.82, 2.24) is 30.4 Å². The first-order valence-corrected chi connectivity index (χ1v) is 8.25. The number of pyridine rings is 2. The van der Waals surface area contributed by atoms with Gasteiger partial charge in [0.15, 0.2) is 5.82 Å². The second kappa shape index (κ2) is 9.00. The van der Waals surface area contributed by atoms with Gasteiger partial charge in [-0.3, -0.25) is 14.9 Å². The molecule has 3 aromatic rings. The number of aromatic nitrogens is 4. The average molecular weight is 389 g/mol. The summed E-state index contributed by atoms with van der Waals surface area (Å²) in [6.07, 6.45) is 6.52. The molecular formula is C18H21ClN6O2. The molecule has 0 aliphatic heterocycles. The molecule has 8 nitrogen and oxygen atoms in total. The van der Waals surface area contributed by atoms with Gasteiger partial charge in [0.2, 0.25) is 0 Å². The average Bonchev–Trinajstić information content (AvgIpc) is 3.02. The van der Waals surface area contributed by atoms with Gasteiger partial charge in [-0.15, -0.1) is 12.4 Å². The lowest BCUT2D eigenvalue weighted by molar-refractivity contribution is 0.238. The van der Waals surface area contributed by atoms with Crippen LogP contribution in [0.5, 0.6) is 0 Å². The Balaban J connectivity index is 0.00000261. The Labute approximate surface area is 162 Å². The van der Waals surface area contributed by atoms with Crippen LogP contribution < -0.4 is 16.2 Å². The molecule has 3 rings (SSSR count). The molecule has 0 aliphatic carbocycles. The van der Waals surface area contributed by atoms with Gasteiger partial charge in [-0.2, -0.15) is 0 Å². The molecule has 0 atom stereocenters. The number of H-pyrrole nitrogens is 1. The Morgan fingerprint density at radius 2 is 2.11 bits per heavy atom. The Morgan fingerprint density at radius 1 is 1.30 bits per heavy atom. The molecule has 9 heteroatoms. The number of carbonyl (C=O) groups excluding carboxylic acids is 1. The lowest BCUT2D eigenvalue weighted by Gasteiger charge is -2.10. The fraction of sp³-hybridized carbons (Fsp3) is 0.222. The van der Waals surface area contributed by atoms with Crippen LogP contribution in [-0.4, -0.2) is 31.8 Å². The van der Waals surface area contributed by atoms with Gasteiger partial charge in [-0.05, 0) is 37.6 Å². The van der Waals surface area contributed by atoms with Crippen molar-refractivity contribution >= 4 is 18.4 Å². The van der Waals surface area contributed by atoms with E-state index in [1.165, 1.54) is 4.68 Å². The maximum Gasteiger partial charge on any atom is 0.315 e. The van der Waals surface area contributed by atoms with Crippen LogP contribution in [0.1, 0.15) is 19.4 Å². The first-order chi connectivity index (χ1) is 12.5. The number of nitrogens with one attached hydrogen (secondary N) is 3. The Kier molecular flexibility index (Phi) is 6.73. The smallest absolute Gasteiger partial charge is 0.315 e. The van der Waals surface area contributed by atoms with Crippen molar-refractivity contribution in [2.75, 3.05) is 0 Å². The number of rotatable bonds is 5. The van der Waals surface area contributed by atoms with Gasteiger partial charge in [0, 0.05) is 42.9 Å². The summed E-state index contributed by atoms with van der Waals surface area (Å²) in [5, 5.41) is 8.45. The lowest BCUT2D eigenvalue weighted by Crippen LogP contribution is -2.39. The van der Waals surface area contributed by atoms with Crippen molar-refractivity contribution in [3.05, 3.63) is 65.0 Å². The number of nitrogens with zero attached hydrogens (tertiary/aromatic N) is 3. The molecule has 0 spiro atoms. The monoisotopic (exact) mass is 388 g/mol. The molecule has 0 aliphatic rings. The molecule has 0 aromatic carbocycles. The van der Waals surface area contributed by atoms with E-state index in [1.54, 1.807) is 43.0 Å². The van der Waals surface area contributed by atoms with E-state index in [2.05, 4.69) is 25.7 Å². The summed E-state index contributed by atoms with van der Waals surface area (Å²) in [6.45, 7) is 4.11. The first kappa shape index (κ1) is 20.2. The number of hydrogen-bond acceptors (Lipinski definition) is 4. The number of urea groups is 1. The number of hydrogen-bond donors (Lipinski definition) is 3. The number of aromatic amines is 1. The first-order valence-electron chi connectivity index (χ1n) is 8.25. The molecule has 0 bridgehead atoms. The summed E-state index contributed by atoms with van der Waals surface area (Å²) in [4.78, 5) is 32.6. The van der Waals surface area contributed by atoms with E-state index in [1.807, 2.05) is 19.9 Å². The predicted molar refractivity (Wildman–Crippen MR) is 105 cm³/mol. The predicted octanol–water partition coefficient (Wildman–Crippen LogP) is 2.25. The van der Waals surface area contributed by atoms with Gasteiger partial charge >= 0.3 is 6.03 Å². The van der Waals surface area contributed by atoms with Gasteiger partial charge in [0.1, 0.15) is 0 Å². The highest BCUT2D eigenvalue weighted by molar-refractivity contribution is 5.85. The third-order valence-electron chi connectivity index (χ3n) is 3.66. The number of halogens is 1. The number of carbonyl (C=O) groups is 1. The third-order valence-corrected chi connectivity index (χ3v) is 3.66. The van der Waals surface area contributed by atoms with Gasteiger partial charge in [0.05, 0.1) is 5.56 Å². The summed E-state index contributed by atoms with van der Waals surface area (Å²) in [7, 11) is 0. The zero-order valence-electron chi connectivity index (χ0n) is 15.0. The molecule has 0 saturated carbocycles. The van der Waals surface area contributed by atoms with E-state index in [4.69, 9.17) is 0 Å². The van der Waals surface area contributed by atoms with Crippen LogP contribution in [0.2, 0.25) is 0 Å². The molecule has 0 saturated heterocycles. The second-order valence-corrected chi connectivity index (χ2v) is 6.07. The van der Waals surface area contributed by atoms with Gasteiger partial charge in [-0.1, -0.05) is 6.07 Å². The Morgan fingerprint density at radius 3 is 2.81 bits per heavy atom. The highest BCUT2D eigenvalue weighted by Gasteiger charge is 2.11. The van der Waals surface area contributed by atoms with Crippen LogP contribution in [0.25, 0.3) is 16.9 Å². The van der Waals surface area contributed by atoms with Crippen LogP contribution in [0.4, 0.5) is 4.79 Å². The summed E-state index contributed by atoms with van der Waals surface area (Å²) >= 11 is 0. The van der Waals surface area contributed by atoms with Gasteiger partial charge in [-0.25, -0.2) is 14.5 Å². The third kappa shape index (κ3) is 4.95. The second-order valence-electron chi connectivity index (χ2n) is 6.07. The normalized spacial score (nSPS) is 10.3. The summed E-state index contributed by atoms with van der Waals surface area (Å²) in [5.74, 6) is 0.453. The van der Waals surface area contributed by atoms with Crippen LogP contribution in [0.15, 0.2) is 53.8 Å². The molecule has 27 heavy (non-hydrogen) atoms. The topological polar surface area (TPSA) is 105 Å². The van der Waals surface area contributed by atoms with Crippen LogP contribution in [0, 0.1) is 0 Å². The minimum Gasteiger partial charge on any atom is -0.336 e. The zero-order valence-corrected chi connectivity index (χ0v) is 15.8. The minimum atomic E-state index is -0.241. The van der Waals surface area contributed by atoms with E-state index in [-0.39, 0.29) is 30.0 Å². The fourth-order valence-electron chi connectivity index (χ4n) is 2.46. The lowest BCUT2D eigenvalue weighted by atomic mass is 10.2. The maximum atomic E-state index is 12.7. The van der Waals surface area contributed by atoms with Crippen LogP contribution in [0.3, 0.4) is 0 Å². The van der Waals surface area contributed by atoms with E-state index < -0.39 is 0 Å². The van der Waals surface area contributed by atoms with Crippen molar-refractivity contribution in [1.29, 1.82) is 0 Å². The summed E-state index contributed by atoms with van der Waals surface area (Å²) in [5.41, 5.74) is 1.86. The SMILES string of the molecule is CC(C)NC(=O)NCc1ccnc(-n2[nH]cc(-c3cccnc3)c2=O)c1.Cl. The highest BCUT2D eigenvalue weighted by Crippen LogP contribution is 2.13. The maximum absolute atomic E-state index is 12.7. The Hall–Kier alpha value is -3.13. The Bertz CT molecular complexity index is 952. The van der Waals surface area contributed by atoms with E-state index in [0.29, 0.717) is 17.9 Å². The van der Waals surface area contributed by atoms with Crippen molar-refractivity contribution in [2.45, 2.75) is 26.4 Å². The van der Waals surface area contributed by atoms with E-state index in [0.717, 1.165) is 11.1 Å². The molecule has 0 fully saturated rings. The molecule has 0 radical (unpaired) electrons. The van der Waals surface area contributed by atoms with Crippen LogP contribution >= 0.6 is 12.4 Å². The molecule has 3 N–H and O–H groups in total. The molecule has 0 unspecified atom stereocenters. The molecule has 2 amide bonds. The molecular weight excluding hydrogens is 368 g/mol. The summed E-state index contributed by atoms with van der Waals surface area (Å²) in [6, 6.07) is 6.96. The summed E-state index contributed by atoms with van der Waals surface area (Å²) < 4.78 is 1.36. The van der Waals surface area contributed by atoms with Gasteiger partial charge in [0.25, 0.3) is 5.56 Å². The molecule has 3 heterocycles. The quantitative estimate of drug-likeness (QED) is 0.623. The highest BCUT2D eigenvalue weighted by atomic mass is 35.5. The zero-order chi connectivity index (χ0) is 18.5. The minimum absolute atomic E-state index is 0. The van der Waals surface area contributed by atoms with Crippen molar-refractivity contribution in [2.24, 2.45) is 0 Å². The van der Waals surface area contributed by atoms with Gasteiger partial charge < -0.3 is 10.6 Å². The van der Waals surface area contributed by atoms with E-state index >= 15 is 0 Å². The van der Waals surface area contributed by atoms with Crippen molar-refractivity contribution in [3.8, 4) is 16.9 Å².